The first-order valence-corrected chi connectivity index (χ1v) is 9.04. The predicted molar refractivity (Wildman–Crippen MR) is 93.6 cm³/mol. The average Bonchev–Trinajstić information content (AvgIpc) is 2.61. The van der Waals surface area contributed by atoms with Gasteiger partial charge >= 0.3 is 0 Å². The number of benzene rings is 1. The summed E-state index contributed by atoms with van der Waals surface area (Å²) in [5, 5.41) is 8.40. The maximum Gasteiger partial charge on any atom is 0.196 e. The highest BCUT2D eigenvalue weighted by molar-refractivity contribution is 5.22. The molecule has 1 aliphatic rings. The molecule has 2 heteroatoms. The molecule has 124 valence electrons. The van der Waals surface area contributed by atoms with Gasteiger partial charge in [-0.3, -0.25) is 0 Å². The normalized spacial score (nSPS) is 21.9. The number of nitriles is 1. The zero-order valence-corrected chi connectivity index (χ0v) is 14.2. The van der Waals surface area contributed by atoms with Crippen LogP contribution in [0, 0.1) is 23.2 Å². The molecule has 0 unspecified atom stereocenters. The molecule has 0 atom stereocenters. The Hall–Kier alpha value is -1.62. The van der Waals surface area contributed by atoms with Crippen LogP contribution in [0.15, 0.2) is 36.2 Å². The van der Waals surface area contributed by atoms with Crippen LogP contribution in [-0.2, 0) is 12.8 Å². The standard InChI is InChI=1S/C21H28FN/c1-2-17-6-8-19(9-7-17)14-15-20-12-10-18(11-13-20)4-3-5-21(22)16-23/h5-9,18,20H,2-4,10-15H2,1H3. The number of nitrogens with zero attached hydrogens (tertiary/aromatic N) is 1. The van der Waals surface area contributed by atoms with Gasteiger partial charge in [-0.15, -0.1) is 0 Å². The minimum absolute atomic E-state index is 0.632. The fourth-order valence-corrected chi connectivity index (χ4v) is 3.61. The van der Waals surface area contributed by atoms with E-state index in [1.807, 2.05) is 0 Å². The van der Waals surface area contributed by atoms with Crippen molar-refractivity contribution >= 4 is 0 Å². The molecule has 0 heterocycles. The Labute approximate surface area is 140 Å². The van der Waals surface area contributed by atoms with Crippen molar-refractivity contribution in [3.8, 4) is 6.07 Å². The molecule has 0 bridgehead atoms. The Morgan fingerprint density at radius 3 is 2.22 bits per heavy atom. The van der Waals surface area contributed by atoms with Gasteiger partial charge in [-0.05, 0) is 61.1 Å². The van der Waals surface area contributed by atoms with E-state index in [2.05, 4.69) is 31.2 Å². The van der Waals surface area contributed by atoms with Crippen LogP contribution < -0.4 is 0 Å². The zero-order chi connectivity index (χ0) is 16.5. The molecule has 0 amide bonds. The van der Waals surface area contributed by atoms with E-state index < -0.39 is 5.83 Å². The minimum atomic E-state index is -0.632. The highest BCUT2D eigenvalue weighted by Crippen LogP contribution is 2.34. The van der Waals surface area contributed by atoms with Gasteiger partial charge in [0.05, 0.1) is 0 Å². The molecule has 0 aliphatic heterocycles. The van der Waals surface area contributed by atoms with Gasteiger partial charge in [0.15, 0.2) is 5.83 Å². The lowest BCUT2D eigenvalue weighted by atomic mass is 9.78. The second kappa shape index (κ2) is 9.50. The van der Waals surface area contributed by atoms with Crippen molar-refractivity contribution in [3.05, 3.63) is 47.3 Å². The third-order valence-electron chi connectivity index (χ3n) is 5.24. The van der Waals surface area contributed by atoms with Gasteiger partial charge in [-0.25, -0.2) is 0 Å². The lowest BCUT2D eigenvalue weighted by Crippen LogP contribution is -2.15. The molecule has 1 aromatic carbocycles. The molecule has 1 aromatic rings. The van der Waals surface area contributed by atoms with Crippen molar-refractivity contribution in [1.29, 1.82) is 5.26 Å². The average molecular weight is 313 g/mol. The number of halogens is 1. The van der Waals surface area contributed by atoms with Crippen molar-refractivity contribution in [2.45, 2.75) is 64.7 Å². The summed E-state index contributed by atoms with van der Waals surface area (Å²) >= 11 is 0. The van der Waals surface area contributed by atoms with Crippen LogP contribution in [0.5, 0.6) is 0 Å². The van der Waals surface area contributed by atoms with Crippen molar-refractivity contribution in [2.24, 2.45) is 11.8 Å². The Bertz CT molecular complexity index is 530. The van der Waals surface area contributed by atoms with E-state index in [-0.39, 0.29) is 0 Å². The molecule has 0 spiro atoms. The molecule has 1 nitrogen and oxygen atoms in total. The van der Waals surface area contributed by atoms with Crippen LogP contribution in [0.25, 0.3) is 0 Å². The maximum absolute atomic E-state index is 12.8. The summed E-state index contributed by atoms with van der Waals surface area (Å²) in [6.45, 7) is 2.19. The summed E-state index contributed by atoms with van der Waals surface area (Å²) in [6, 6.07) is 10.6. The Morgan fingerprint density at radius 2 is 1.65 bits per heavy atom. The Balaban J connectivity index is 1.65. The summed E-state index contributed by atoms with van der Waals surface area (Å²) in [5.74, 6) is 0.939. The first-order valence-electron chi connectivity index (χ1n) is 9.04. The largest absolute Gasteiger partial charge is 0.196 e. The Kier molecular flexibility index (Phi) is 7.33. The molecule has 2 rings (SSSR count). The fraction of sp³-hybridized carbons (Fsp3) is 0.571. The van der Waals surface area contributed by atoms with Gasteiger partial charge < -0.3 is 0 Å². The van der Waals surface area contributed by atoms with Crippen molar-refractivity contribution < 1.29 is 4.39 Å². The highest BCUT2D eigenvalue weighted by Gasteiger charge is 2.20. The molecule has 23 heavy (non-hydrogen) atoms. The molecular formula is C21H28FN. The molecule has 1 fully saturated rings. The van der Waals surface area contributed by atoms with Crippen molar-refractivity contribution in [3.63, 3.8) is 0 Å². The third-order valence-corrected chi connectivity index (χ3v) is 5.24. The molecule has 0 N–H and O–H groups in total. The van der Waals surface area contributed by atoms with Crippen LogP contribution in [0.1, 0.15) is 63.0 Å². The molecular weight excluding hydrogens is 285 g/mol. The molecule has 0 saturated heterocycles. The van der Waals surface area contributed by atoms with Gasteiger partial charge in [0.2, 0.25) is 0 Å². The van der Waals surface area contributed by atoms with Gasteiger partial charge in [0, 0.05) is 0 Å². The SMILES string of the molecule is CCc1ccc(CCC2CCC(CCC=C(F)C#N)CC2)cc1. The monoisotopic (exact) mass is 313 g/mol. The number of allylic oxidation sites excluding steroid dienone is 2. The number of rotatable bonds is 7. The van der Waals surface area contributed by atoms with Crippen LogP contribution in [0.4, 0.5) is 4.39 Å². The summed E-state index contributed by atoms with van der Waals surface area (Å²) in [4.78, 5) is 0. The maximum atomic E-state index is 12.8. The van der Waals surface area contributed by atoms with Gasteiger partial charge in [0.25, 0.3) is 0 Å². The van der Waals surface area contributed by atoms with E-state index in [1.165, 1.54) is 55.7 Å². The first kappa shape index (κ1) is 17.7. The molecule has 1 saturated carbocycles. The van der Waals surface area contributed by atoms with E-state index in [0.717, 1.165) is 24.7 Å². The molecule has 0 aromatic heterocycles. The summed E-state index contributed by atoms with van der Waals surface area (Å²) in [5.41, 5.74) is 2.87. The smallest absolute Gasteiger partial charge is 0.195 e. The molecule has 0 radical (unpaired) electrons. The van der Waals surface area contributed by atoms with Crippen molar-refractivity contribution in [2.75, 3.05) is 0 Å². The lowest BCUT2D eigenvalue weighted by molar-refractivity contribution is 0.254. The fourth-order valence-electron chi connectivity index (χ4n) is 3.61. The van der Waals surface area contributed by atoms with Crippen LogP contribution in [0.2, 0.25) is 0 Å². The van der Waals surface area contributed by atoms with Crippen LogP contribution >= 0.6 is 0 Å². The summed E-state index contributed by atoms with van der Waals surface area (Å²) in [6.07, 6.45) is 11.9. The van der Waals surface area contributed by atoms with Crippen molar-refractivity contribution in [1.82, 2.24) is 0 Å². The highest BCUT2D eigenvalue weighted by atomic mass is 19.1. The first-order chi connectivity index (χ1) is 11.2. The second-order valence-corrected chi connectivity index (χ2v) is 6.84. The lowest BCUT2D eigenvalue weighted by Gasteiger charge is -2.28. The van der Waals surface area contributed by atoms with E-state index in [9.17, 15) is 4.39 Å². The summed E-state index contributed by atoms with van der Waals surface area (Å²) < 4.78 is 12.8. The topological polar surface area (TPSA) is 23.8 Å². The van der Waals surface area contributed by atoms with E-state index in [1.54, 1.807) is 6.07 Å². The van der Waals surface area contributed by atoms with Gasteiger partial charge in [-0.2, -0.15) is 9.65 Å². The summed E-state index contributed by atoms with van der Waals surface area (Å²) in [7, 11) is 0. The van der Waals surface area contributed by atoms with E-state index in [0.29, 0.717) is 6.42 Å². The van der Waals surface area contributed by atoms with Crippen LogP contribution in [0.3, 0.4) is 0 Å². The number of hydrogen-bond acceptors (Lipinski definition) is 1. The number of hydrogen-bond donors (Lipinski definition) is 0. The second-order valence-electron chi connectivity index (χ2n) is 6.84. The molecule has 1 aliphatic carbocycles. The third kappa shape index (κ3) is 6.18. The van der Waals surface area contributed by atoms with Crippen LogP contribution in [-0.4, -0.2) is 0 Å². The van der Waals surface area contributed by atoms with Gasteiger partial charge in [0.1, 0.15) is 6.07 Å². The predicted octanol–water partition coefficient (Wildman–Crippen LogP) is 6.15. The Morgan fingerprint density at radius 1 is 1.09 bits per heavy atom. The zero-order valence-electron chi connectivity index (χ0n) is 14.2. The number of aryl methyl sites for hydroxylation is 2. The van der Waals surface area contributed by atoms with E-state index >= 15 is 0 Å². The van der Waals surface area contributed by atoms with Gasteiger partial charge in [-0.1, -0.05) is 56.9 Å². The van der Waals surface area contributed by atoms with E-state index in [4.69, 9.17) is 5.26 Å². The quantitative estimate of drug-likeness (QED) is 0.554. The minimum Gasteiger partial charge on any atom is -0.195 e.